The van der Waals surface area contributed by atoms with Crippen molar-refractivity contribution in [2.45, 2.75) is 32.4 Å². The van der Waals surface area contributed by atoms with Gasteiger partial charge in [-0.3, -0.25) is 9.69 Å². The predicted molar refractivity (Wildman–Crippen MR) is 56.5 cm³/mol. The van der Waals surface area contributed by atoms with Crippen LogP contribution in [-0.2, 0) is 11.3 Å². The Bertz CT molecular complexity index is 295. The number of likely N-dealkylation sites (N-methyl/N-ethyl adjacent to an activating group) is 1. The molecule has 1 N–H and O–H groups in total. The molecule has 84 valence electrons. The summed E-state index contributed by atoms with van der Waals surface area (Å²) >= 11 is 0. The monoisotopic (exact) mass is 211 g/mol. The zero-order chi connectivity index (χ0) is 11.3. The van der Waals surface area contributed by atoms with E-state index in [9.17, 15) is 4.79 Å². The van der Waals surface area contributed by atoms with Crippen LogP contribution in [0.15, 0.2) is 22.8 Å². The SMILES string of the molecule is CCCC(C(=O)O)N(C)Cc1ccco1. The third-order valence-electron chi connectivity index (χ3n) is 2.36. The molecule has 0 aliphatic carbocycles. The van der Waals surface area contributed by atoms with E-state index in [0.717, 1.165) is 12.2 Å². The van der Waals surface area contributed by atoms with Gasteiger partial charge in [0.2, 0.25) is 0 Å². The molecule has 1 atom stereocenters. The van der Waals surface area contributed by atoms with Crippen molar-refractivity contribution in [2.24, 2.45) is 0 Å². The number of furan rings is 1. The number of hydrogen-bond donors (Lipinski definition) is 1. The summed E-state index contributed by atoms with van der Waals surface area (Å²) in [7, 11) is 1.80. The van der Waals surface area contributed by atoms with Gasteiger partial charge in [-0.1, -0.05) is 13.3 Å². The van der Waals surface area contributed by atoms with Crippen molar-refractivity contribution in [3.63, 3.8) is 0 Å². The number of carbonyl (C=O) groups is 1. The van der Waals surface area contributed by atoms with E-state index in [2.05, 4.69) is 0 Å². The lowest BCUT2D eigenvalue weighted by Gasteiger charge is -2.22. The van der Waals surface area contributed by atoms with Gasteiger partial charge in [0.15, 0.2) is 0 Å². The highest BCUT2D eigenvalue weighted by Crippen LogP contribution is 2.10. The molecule has 4 nitrogen and oxygen atoms in total. The van der Waals surface area contributed by atoms with Crippen molar-refractivity contribution in [3.8, 4) is 0 Å². The maximum absolute atomic E-state index is 11.0. The Kier molecular flexibility index (Phi) is 4.37. The molecule has 0 spiro atoms. The van der Waals surface area contributed by atoms with Gasteiger partial charge in [0.1, 0.15) is 11.8 Å². The molecule has 0 fully saturated rings. The van der Waals surface area contributed by atoms with Gasteiger partial charge in [-0.25, -0.2) is 0 Å². The quantitative estimate of drug-likeness (QED) is 0.781. The van der Waals surface area contributed by atoms with Gasteiger partial charge in [0.05, 0.1) is 12.8 Å². The number of hydrogen-bond acceptors (Lipinski definition) is 3. The lowest BCUT2D eigenvalue weighted by Crippen LogP contribution is -2.37. The molecule has 1 rings (SSSR count). The average molecular weight is 211 g/mol. The molecule has 0 radical (unpaired) electrons. The molecule has 0 aromatic carbocycles. The summed E-state index contributed by atoms with van der Waals surface area (Å²) in [4.78, 5) is 12.8. The first-order chi connectivity index (χ1) is 7.15. The summed E-state index contributed by atoms with van der Waals surface area (Å²) in [5, 5.41) is 9.03. The smallest absolute Gasteiger partial charge is 0.320 e. The molecule has 0 aliphatic heterocycles. The minimum absolute atomic E-state index is 0.430. The normalized spacial score (nSPS) is 13.0. The fraction of sp³-hybridized carbons (Fsp3) is 0.545. The van der Waals surface area contributed by atoms with Gasteiger partial charge in [0, 0.05) is 0 Å². The summed E-state index contributed by atoms with van der Waals surface area (Å²) in [5.74, 6) is 0.0192. The van der Waals surface area contributed by atoms with E-state index in [0.29, 0.717) is 13.0 Å². The van der Waals surface area contributed by atoms with Crippen LogP contribution in [0.3, 0.4) is 0 Å². The molecule has 0 saturated carbocycles. The van der Waals surface area contributed by atoms with E-state index in [-0.39, 0.29) is 0 Å². The van der Waals surface area contributed by atoms with Crippen molar-refractivity contribution in [1.29, 1.82) is 0 Å². The van der Waals surface area contributed by atoms with Crippen molar-refractivity contribution in [1.82, 2.24) is 4.90 Å². The number of rotatable bonds is 6. The Labute approximate surface area is 89.5 Å². The first-order valence-corrected chi connectivity index (χ1v) is 5.10. The Balaban J connectivity index is 2.56. The number of carboxylic acid groups (broad SMARTS) is 1. The highest BCUT2D eigenvalue weighted by Gasteiger charge is 2.21. The topological polar surface area (TPSA) is 53.7 Å². The zero-order valence-electron chi connectivity index (χ0n) is 9.14. The molecule has 0 bridgehead atoms. The van der Waals surface area contributed by atoms with Crippen LogP contribution in [0.1, 0.15) is 25.5 Å². The van der Waals surface area contributed by atoms with E-state index in [4.69, 9.17) is 9.52 Å². The number of carboxylic acids is 1. The van der Waals surface area contributed by atoms with Crippen LogP contribution in [0.25, 0.3) is 0 Å². The predicted octanol–water partition coefficient (Wildman–Crippen LogP) is 1.96. The maximum Gasteiger partial charge on any atom is 0.320 e. The second-order valence-corrected chi connectivity index (χ2v) is 3.64. The maximum atomic E-state index is 11.0. The van der Waals surface area contributed by atoms with Crippen molar-refractivity contribution in [3.05, 3.63) is 24.2 Å². The standard InChI is InChI=1S/C11H17NO3/c1-3-5-10(11(13)14)12(2)8-9-6-4-7-15-9/h4,6-7,10H,3,5,8H2,1-2H3,(H,13,14). The van der Waals surface area contributed by atoms with E-state index in [1.54, 1.807) is 24.3 Å². The Morgan fingerprint density at radius 2 is 2.40 bits per heavy atom. The summed E-state index contributed by atoms with van der Waals surface area (Å²) in [6, 6.07) is 3.22. The van der Waals surface area contributed by atoms with Crippen LogP contribution in [0.5, 0.6) is 0 Å². The lowest BCUT2D eigenvalue weighted by atomic mass is 10.1. The molecular weight excluding hydrogens is 194 g/mol. The highest BCUT2D eigenvalue weighted by atomic mass is 16.4. The highest BCUT2D eigenvalue weighted by molar-refractivity contribution is 5.73. The van der Waals surface area contributed by atoms with Gasteiger partial charge in [-0.15, -0.1) is 0 Å². The second-order valence-electron chi connectivity index (χ2n) is 3.64. The van der Waals surface area contributed by atoms with Crippen LogP contribution < -0.4 is 0 Å². The minimum atomic E-state index is -0.772. The van der Waals surface area contributed by atoms with E-state index >= 15 is 0 Å². The molecule has 1 aromatic heterocycles. The van der Waals surface area contributed by atoms with Gasteiger partial charge in [-0.2, -0.15) is 0 Å². The lowest BCUT2D eigenvalue weighted by molar-refractivity contribution is -0.143. The molecule has 4 heteroatoms. The molecule has 0 amide bonds. The Morgan fingerprint density at radius 1 is 1.67 bits per heavy atom. The number of nitrogens with zero attached hydrogens (tertiary/aromatic N) is 1. The van der Waals surface area contributed by atoms with Crippen LogP contribution >= 0.6 is 0 Å². The number of aliphatic carboxylic acids is 1. The third-order valence-corrected chi connectivity index (χ3v) is 2.36. The second kappa shape index (κ2) is 5.56. The fourth-order valence-corrected chi connectivity index (χ4v) is 1.56. The zero-order valence-corrected chi connectivity index (χ0v) is 9.14. The molecule has 1 heterocycles. The van der Waals surface area contributed by atoms with E-state index < -0.39 is 12.0 Å². The fourth-order valence-electron chi connectivity index (χ4n) is 1.56. The van der Waals surface area contributed by atoms with Crippen molar-refractivity contribution < 1.29 is 14.3 Å². The van der Waals surface area contributed by atoms with Crippen molar-refractivity contribution in [2.75, 3.05) is 7.05 Å². The summed E-state index contributed by atoms with van der Waals surface area (Å²) in [5.41, 5.74) is 0. The van der Waals surface area contributed by atoms with Crippen LogP contribution in [0.4, 0.5) is 0 Å². The summed E-state index contributed by atoms with van der Waals surface area (Å²) in [6.45, 7) is 2.51. The first kappa shape index (κ1) is 11.8. The van der Waals surface area contributed by atoms with Gasteiger partial charge in [-0.05, 0) is 25.6 Å². The molecule has 1 aromatic rings. The van der Waals surface area contributed by atoms with E-state index in [1.165, 1.54) is 0 Å². The van der Waals surface area contributed by atoms with Gasteiger partial charge in [0.25, 0.3) is 0 Å². The molecule has 0 aliphatic rings. The molecular formula is C11H17NO3. The van der Waals surface area contributed by atoms with Crippen LogP contribution in [0.2, 0.25) is 0 Å². The first-order valence-electron chi connectivity index (χ1n) is 5.10. The van der Waals surface area contributed by atoms with Crippen LogP contribution in [-0.4, -0.2) is 29.1 Å². The third kappa shape index (κ3) is 3.40. The summed E-state index contributed by atoms with van der Waals surface area (Å²) in [6.07, 6.45) is 3.12. The Morgan fingerprint density at radius 3 is 2.87 bits per heavy atom. The van der Waals surface area contributed by atoms with Gasteiger partial charge >= 0.3 is 5.97 Å². The molecule has 1 unspecified atom stereocenters. The molecule has 0 saturated heterocycles. The Hall–Kier alpha value is -1.29. The van der Waals surface area contributed by atoms with E-state index in [1.807, 2.05) is 13.0 Å². The van der Waals surface area contributed by atoms with Crippen molar-refractivity contribution >= 4 is 5.97 Å². The van der Waals surface area contributed by atoms with Gasteiger partial charge < -0.3 is 9.52 Å². The van der Waals surface area contributed by atoms with Crippen LogP contribution in [0, 0.1) is 0 Å². The minimum Gasteiger partial charge on any atom is -0.480 e. The average Bonchev–Trinajstić information content (AvgIpc) is 2.65. The summed E-state index contributed by atoms with van der Waals surface area (Å²) < 4.78 is 5.18. The largest absolute Gasteiger partial charge is 0.480 e. The molecule has 15 heavy (non-hydrogen) atoms.